The Balaban J connectivity index is 2.56. The van der Waals surface area contributed by atoms with Gasteiger partial charge < -0.3 is 10.2 Å². The molecule has 0 aliphatic heterocycles. The highest BCUT2D eigenvalue weighted by Gasteiger charge is 2.39. The lowest BCUT2D eigenvalue weighted by molar-refractivity contribution is 0.251. The van der Waals surface area contributed by atoms with Gasteiger partial charge in [-0.25, -0.2) is 4.98 Å². The van der Waals surface area contributed by atoms with Crippen LogP contribution in [0.3, 0.4) is 0 Å². The number of nitrogens with two attached hydrogens (primary N) is 1. The molecule has 2 N–H and O–H groups in total. The molecule has 4 heteroatoms. The molecule has 2 aromatic heterocycles. The number of hydrogen-bond donors (Lipinski definition) is 1. The van der Waals surface area contributed by atoms with Crippen LogP contribution in [0.25, 0.3) is 11.2 Å². The van der Waals surface area contributed by atoms with Crippen LogP contribution in [-0.4, -0.2) is 15.5 Å². The second-order valence-corrected chi connectivity index (χ2v) is 5.19. The first-order chi connectivity index (χ1) is 7.32. The van der Waals surface area contributed by atoms with E-state index < -0.39 is 5.54 Å². The lowest BCUT2D eigenvalue weighted by atomic mass is 9.75. The number of nitrogens with zero attached hydrogens (tertiary/aromatic N) is 2. The third kappa shape index (κ3) is 1.59. The molecule has 16 heavy (non-hydrogen) atoms. The monoisotopic (exact) mass is 219 g/mol. The fourth-order valence-corrected chi connectivity index (χ4v) is 1.31. The maximum absolute atomic E-state index is 6.15. The summed E-state index contributed by atoms with van der Waals surface area (Å²) in [5.41, 5.74) is 6.74. The van der Waals surface area contributed by atoms with E-state index in [0.717, 1.165) is 0 Å². The van der Waals surface area contributed by atoms with Gasteiger partial charge in [-0.05, 0) is 39.8 Å². The molecule has 4 nitrogen and oxygen atoms in total. The first kappa shape index (κ1) is 11.1. The second kappa shape index (κ2) is 3.28. The number of oxazole rings is 1. The maximum Gasteiger partial charge on any atom is 0.204 e. The number of pyridine rings is 1. The van der Waals surface area contributed by atoms with Gasteiger partial charge in [0.25, 0.3) is 0 Å². The molecule has 0 saturated heterocycles. The Morgan fingerprint density at radius 2 is 1.94 bits per heavy atom. The summed E-state index contributed by atoms with van der Waals surface area (Å²) in [5, 5.41) is 0. The zero-order valence-electron chi connectivity index (χ0n) is 10.1. The van der Waals surface area contributed by atoms with Gasteiger partial charge in [0.15, 0.2) is 11.2 Å². The Kier molecular flexibility index (Phi) is 2.27. The van der Waals surface area contributed by atoms with Crippen molar-refractivity contribution in [3.8, 4) is 0 Å². The van der Waals surface area contributed by atoms with Crippen LogP contribution in [0.1, 0.15) is 33.6 Å². The lowest BCUT2D eigenvalue weighted by Crippen LogP contribution is -2.50. The van der Waals surface area contributed by atoms with Gasteiger partial charge in [0.2, 0.25) is 5.89 Å². The van der Waals surface area contributed by atoms with Gasteiger partial charge >= 0.3 is 0 Å². The summed E-state index contributed by atoms with van der Waals surface area (Å²) in [7, 11) is 0. The molecule has 0 atom stereocenters. The van der Waals surface area contributed by atoms with Crippen molar-refractivity contribution >= 4 is 11.2 Å². The standard InChI is InChI=1S/C12H17N3O/c1-11(2,12(3,4)13)10-15-9-8(16-10)6-5-7-14-9/h5-7H,13H2,1-4H3. The zero-order chi connectivity index (χ0) is 12.0. The van der Waals surface area contributed by atoms with E-state index >= 15 is 0 Å². The van der Waals surface area contributed by atoms with Crippen molar-refractivity contribution in [2.24, 2.45) is 5.73 Å². The van der Waals surface area contributed by atoms with Crippen LogP contribution in [0.15, 0.2) is 22.7 Å². The van der Waals surface area contributed by atoms with Crippen molar-refractivity contribution in [2.45, 2.75) is 38.6 Å². The maximum atomic E-state index is 6.15. The van der Waals surface area contributed by atoms with Gasteiger partial charge in [-0.3, -0.25) is 0 Å². The fraction of sp³-hybridized carbons (Fsp3) is 0.500. The third-order valence-electron chi connectivity index (χ3n) is 3.31. The molecule has 0 spiro atoms. The van der Waals surface area contributed by atoms with E-state index in [2.05, 4.69) is 9.97 Å². The molecule has 86 valence electrons. The molecule has 2 heterocycles. The third-order valence-corrected chi connectivity index (χ3v) is 3.31. The summed E-state index contributed by atoms with van der Waals surface area (Å²) >= 11 is 0. The minimum absolute atomic E-state index is 0.340. The van der Waals surface area contributed by atoms with Gasteiger partial charge in [0.1, 0.15) is 0 Å². The topological polar surface area (TPSA) is 64.9 Å². The zero-order valence-corrected chi connectivity index (χ0v) is 10.1. The Morgan fingerprint density at radius 3 is 2.50 bits per heavy atom. The van der Waals surface area contributed by atoms with Crippen LogP contribution in [-0.2, 0) is 5.41 Å². The molecular weight excluding hydrogens is 202 g/mol. The quantitative estimate of drug-likeness (QED) is 0.841. The Hall–Kier alpha value is -1.42. The molecule has 2 aromatic rings. The van der Waals surface area contributed by atoms with E-state index in [-0.39, 0.29) is 5.41 Å². The van der Waals surface area contributed by atoms with Gasteiger partial charge in [0.05, 0.1) is 5.41 Å². The van der Waals surface area contributed by atoms with Crippen LogP contribution in [0.4, 0.5) is 0 Å². The minimum atomic E-state index is -0.409. The first-order valence-corrected chi connectivity index (χ1v) is 5.33. The first-order valence-electron chi connectivity index (χ1n) is 5.33. The smallest absolute Gasteiger partial charge is 0.204 e. The number of rotatable bonds is 2. The summed E-state index contributed by atoms with van der Waals surface area (Å²) in [6.45, 7) is 7.99. The molecule has 0 radical (unpaired) electrons. The molecule has 0 fully saturated rings. The predicted molar refractivity (Wildman–Crippen MR) is 63.1 cm³/mol. The Labute approximate surface area is 94.9 Å². The van der Waals surface area contributed by atoms with E-state index in [1.165, 1.54) is 0 Å². The molecular formula is C12H17N3O. The highest BCUT2D eigenvalue weighted by molar-refractivity contribution is 5.67. The molecule has 0 aromatic carbocycles. The van der Waals surface area contributed by atoms with Crippen molar-refractivity contribution in [3.63, 3.8) is 0 Å². The van der Waals surface area contributed by atoms with Crippen LogP contribution in [0.2, 0.25) is 0 Å². The molecule has 0 amide bonds. The summed E-state index contributed by atoms with van der Waals surface area (Å²) in [5.74, 6) is 0.633. The van der Waals surface area contributed by atoms with Crippen LogP contribution < -0.4 is 5.73 Å². The van der Waals surface area contributed by atoms with Crippen molar-refractivity contribution in [2.75, 3.05) is 0 Å². The average molecular weight is 219 g/mol. The van der Waals surface area contributed by atoms with Crippen molar-refractivity contribution in [1.29, 1.82) is 0 Å². The molecule has 0 unspecified atom stereocenters. The fourth-order valence-electron chi connectivity index (χ4n) is 1.31. The Bertz CT molecular complexity index is 475. The second-order valence-electron chi connectivity index (χ2n) is 5.19. The molecule has 0 saturated carbocycles. The highest BCUT2D eigenvalue weighted by Crippen LogP contribution is 2.33. The normalized spacial score (nSPS) is 13.3. The van der Waals surface area contributed by atoms with E-state index in [1.807, 2.05) is 39.8 Å². The number of fused-ring (bicyclic) bond motifs is 1. The van der Waals surface area contributed by atoms with Gasteiger partial charge in [-0.15, -0.1) is 0 Å². The van der Waals surface area contributed by atoms with Crippen LogP contribution in [0.5, 0.6) is 0 Å². The van der Waals surface area contributed by atoms with Gasteiger partial charge in [-0.2, -0.15) is 4.98 Å². The molecule has 0 aliphatic carbocycles. The molecule has 0 aliphatic rings. The van der Waals surface area contributed by atoms with Crippen LogP contribution in [0, 0.1) is 0 Å². The minimum Gasteiger partial charge on any atom is -0.438 e. The lowest BCUT2D eigenvalue weighted by Gasteiger charge is -2.35. The van der Waals surface area contributed by atoms with Crippen molar-refractivity contribution in [1.82, 2.24) is 9.97 Å². The highest BCUT2D eigenvalue weighted by atomic mass is 16.3. The van der Waals surface area contributed by atoms with Crippen LogP contribution >= 0.6 is 0 Å². The number of aromatic nitrogens is 2. The van der Waals surface area contributed by atoms with Gasteiger partial charge in [0, 0.05) is 11.7 Å². The summed E-state index contributed by atoms with van der Waals surface area (Å²) in [6.07, 6.45) is 1.70. The van der Waals surface area contributed by atoms with Crippen molar-refractivity contribution in [3.05, 3.63) is 24.2 Å². The Morgan fingerprint density at radius 1 is 1.25 bits per heavy atom. The van der Waals surface area contributed by atoms with Crippen molar-refractivity contribution < 1.29 is 4.42 Å². The largest absolute Gasteiger partial charge is 0.438 e. The van der Waals surface area contributed by atoms with E-state index in [0.29, 0.717) is 17.1 Å². The number of hydrogen-bond acceptors (Lipinski definition) is 4. The predicted octanol–water partition coefficient (Wildman–Crippen LogP) is 2.24. The average Bonchev–Trinajstić information content (AvgIpc) is 2.59. The van der Waals surface area contributed by atoms with Gasteiger partial charge in [-0.1, -0.05) is 0 Å². The van der Waals surface area contributed by atoms with E-state index in [4.69, 9.17) is 10.2 Å². The molecule has 0 bridgehead atoms. The SMILES string of the molecule is CC(C)(N)C(C)(C)c1nc2ncccc2o1. The van der Waals surface area contributed by atoms with E-state index in [9.17, 15) is 0 Å². The summed E-state index contributed by atoms with van der Waals surface area (Å²) < 4.78 is 5.71. The molecule has 2 rings (SSSR count). The van der Waals surface area contributed by atoms with E-state index in [1.54, 1.807) is 6.20 Å². The summed E-state index contributed by atoms with van der Waals surface area (Å²) in [4.78, 5) is 8.54. The summed E-state index contributed by atoms with van der Waals surface area (Å²) in [6, 6.07) is 3.69.